The highest BCUT2D eigenvalue weighted by Crippen LogP contribution is 2.14. The monoisotopic (exact) mass is 203 g/mol. The quantitative estimate of drug-likeness (QED) is 0.690. The average molecular weight is 203 g/mol. The van der Waals surface area contributed by atoms with E-state index in [-0.39, 0.29) is 5.78 Å². The van der Waals surface area contributed by atoms with E-state index < -0.39 is 6.23 Å². The molecule has 0 aliphatic carbocycles. The normalized spacial score (nSPS) is 20.5. The van der Waals surface area contributed by atoms with Gasteiger partial charge in [-0.15, -0.1) is 5.11 Å². The molecule has 76 valence electrons. The molecule has 0 aromatic heterocycles. The predicted molar refractivity (Wildman–Crippen MR) is 53.9 cm³/mol. The van der Waals surface area contributed by atoms with Crippen molar-refractivity contribution in [1.82, 2.24) is 0 Å². The van der Waals surface area contributed by atoms with Crippen LogP contribution in [0.4, 0.5) is 5.69 Å². The van der Waals surface area contributed by atoms with Crippen molar-refractivity contribution in [2.45, 2.75) is 13.2 Å². The van der Waals surface area contributed by atoms with Crippen LogP contribution < -0.4 is 0 Å². The van der Waals surface area contributed by atoms with E-state index in [4.69, 9.17) is 4.84 Å². The first-order valence-electron chi connectivity index (χ1n) is 4.48. The number of ketones is 1. The fourth-order valence-electron chi connectivity index (χ4n) is 1.09. The summed E-state index contributed by atoms with van der Waals surface area (Å²) >= 11 is 0. The third kappa shape index (κ3) is 2.07. The van der Waals surface area contributed by atoms with Gasteiger partial charge in [-0.2, -0.15) is 5.11 Å². The molecule has 1 aromatic rings. The van der Waals surface area contributed by atoms with Gasteiger partial charge >= 0.3 is 0 Å². The molecule has 1 heterocycles. The van der Waals surface area contributed by atoms with E-state index in [0.717, 1.165) is 0 Å². The van der Waals surface area contributed by atoms with Crippen molar-refractivity contribution in [3.63, 3.8) is 0 Å². The topological polar surface area (TPSA) is 63.4 Å². The highest BCUT2D eigenvalue weighted by Gasteiger charge is 2.28. The summed E-state index contributed by atoms with van der Waals surface area (Å²) in [4.78, 5) is 16.1. The molecule has 0 fully saturated rings. The second kappa shape index (κ2) is 4.00. The smallest absolute Gasteiger partial charge is 0.299 e. The molecule has 2 rings (SSSR count). The van der Waals surface area contributed by atoms with Gasteiger partial charge in [0.2, 0.25) is 5.78 Å². The number of nitrogens with zero attached hydrogens (tertiary/aromatic N) is 3. The summed E-state index contributed by atoms with van der Waals surface area (Å²) in [5.41, 5.74) is 1.01. The van der Waals surface area contributed by atoms with Crippen molar-refractivity contribution >= 4 is 17.2 Å². The molecule has 0 amide bonds. The van der Waals surface area contributed by atoms with E-state index in [1.54, 1.807) is 19.1 Å². The third-order valence-electron chi connectivity index (χ3n) is 1.90. The average Bonchev–Trinajstić information content (AvgIpc) is 2.59. The molecule has 0 N–H and O–H groups in total. The summed E-state index contributed by atoms with van der Waals surface area (Å²) in [6.07, 6.45) is -0.912. The molecule has 5 nitrogen and oxygen atoms in total. The summed E-state index contributed by atoms with van der Waals surface area (Å²) in [5.74, 6) is -0.241. The van der Waals surface area contributed by atoms with Crippen LogP contribution in [0.15, 0.2) is 45.7 Å². The Bertz CT molecular complexity index is 426. The molecular weight excluding hydrogens is 194 g/mol. The third-order valence-corrected chi connectivity index (χ3v) is 1.90. The zero-order valence-electron chi connectivity index (χ0n) is 8.12. The molecule has 15 heavy (non-hydrogen) atoms. The van der Waals surface area contributed by atoms with Gasteiger partial charge in [0.05, 0.1) is 5.69 Å². The second-order valence-electron chi connectivity index (χ2n) is 3.05. The Labute approximate surface area is 86.5 Å². The molecule has 1 aliphatic rings. The first kappa shape index (κ1) is 9.51. The molecule has 0 bridgehead atoms. The van der Waals surface area contributed by atoms with Crippen LogP contribution in [0, 0.1) is 0 Å². The molecule has 5 heteroatoms. The fourth-order valence-corrected chi connectivity index (χ4v) is 1.09. The summed E-state index contributed by atoms with van der Waals surface area (Å²) in [7, 11) is 0. The van der Waals surface area contributed by atoms with Crippen molar-refractivity contribution in [3.05, 3.63) is 30.3 Å². The maximum Gasteiger partial charge on any atom is 0.299 e. The molecule has 0 saturated carbocycles. The van der Waals surface area contributed by atoms with Crippen LogP contribution in [0.5, 0.6) is 0 Å². The van der Waals surface area contributed by atoms with Crippen LogP contribution in [-0.2, 0) is 9.63 Å². The van der Waals surface area contributed by atoms with Gasteiger partial charge in [-0.25, -0.2) is 0 Å². The maximum absolute atomic E-state index is 11.3. The minimum absolute atomic E-state index is 0.241. The first-order valence-corrected chi connectivity index (χ1v) is 4.48. The molecule has 0 unspecified atom stereocenters. The van der Waals surface area contributed by atoms with Crippen LogP contribution >= 0.6 is 0 Å². The summed E-state index contributed by atoms with van der Waals surface area (Å²) < 4.78 is 0. The number of benzene rings is 1. The first-order chi connectivity index (χ1) is 7.27. The highest BCUT2D eigenvalue weighted by atomic mass is 16.7. The number of carbonyl (C=O) groups is 1. The lowest BCUT2D eigenvalue weighted by Crippen LogP contribution is -2.18. The number of carbonyl (C=O) groups excluding carboxylic acids is 1. The lowest BCUT2D eigenvalue weighted by Gasteiger charge is -1.97. The van der Waals surface area contributed by atoms with Gasteiger partial charge in [-0.05, 0) is 19.1 Å². The Morgan fingerprint density at radius 2 is 2.07 bits per heavy atom. The van der Waals surface area contributed by atoms with E-state index in [0.29, 0.717) is 11.4 Å². The molecule has 0 saturated heterocycles. The molecule has 0 radical (unpaired) electrons. The minimum Gasteiger partial charge on any atom is -0.358 e. The number of hydrogen-bond acceptors (Lipinski definition) is 5. The minimum atomic E-state index is -0.912. The molecule has 1 aromatic carbocycles. The van der Waals surface area contributed by atoms with Crippen LogP contribution in [0.2, 0.25) is 0 Å². The van der Waals surface area contributed by atoms with Crippen molar-refractivity contribution in [3.8, 4) is 0 Å². The van der Waals surface area contributed by atoms with Gasteiger partial charge in [0.15, 0.2) is 0 Å². The van der Waals surface area contributed by atoms with Gasteiger partial charge in [-0.3, -0.25) is 4.79 Å². The van der Waals surface area contributed by atoms with E-state index >= 15 is 0 Å². The zero-order chi connectivity index (χ0) is 10.7. The Hall–Kier alpha value is -2.04. The molecular formula is C10H9N3O2. The van der Waals surface area contributed by atoms with E-state index in [1.165, 1.54) is 0 Å². The van der Waals surface area contributed by atoms with Crippen LogP contribution in [0.1, 0.15) is 6.92 Å². The molecule has 1 atom stereocenters. The second-order valence-corrected chi connectivity index (χ2v) is 3.05. The summed E-state index contributed by atoms with van der Waals surface area (Å²) in [6.45, 7) is 1.58. The maximum atomic E-state index is 11.3. The number of rotatable bonds is 2. The SMILES string of the molecule is CC1=NO[C@H](N=Nc2ccccc2)C1=O. The Balaban J connectivity index is 2.05. The van der Waals surface area contributed by atoms with Gasteiger partial charge in [0.1, 0.15) is 5.71 Å². The van der Waals surface area contributed by atoms with E-state index in [9.17, 15) is 4.79 Å². The van der Waals surface area contributed by atoms with Crippen LogP contribution in [-0.4, -0.2) is 17.7 Å². The van der Waals surface area contributed by atoms with Crippen LogP contribution in [0.3, 0.4) is 0 Å². The Morgan fingerprint density at radius 1 is 1.33 bits per heavy atom. The fraction of sp³-hybridized carbons (Fsp3) is 0.200. The lowest BCUT2D eigenvalue weighted by molar-refractivity contribution is -0.120. The van der Waals surface area contributed by atoms with Crippen molar-refractivity contribution < 1.29 is 9.63 Å². The van der Waals surface area contributed by atoms with Crippen molar-refractivity contribution in [2.75, 3.05) is 0 Å². The lowest BCUT2D eigenvalue weighted by atomic mass is 10.3. The van der Waals surface area contributed by atoms with Gasteiger partial charge in [0.25, 0.3) is 6.23 Å². The van der Waals surface area contributed by atoms with E-state index in [1.807, 2.05) is 18.2 Å². The van der Waals surface area contributed by atoms with Gasteiger partial charge in [0, 0.05) is 0 Å². The predicted octanol–water partition coefficient (Wildman–Crippen LogP) is 2.07. The largest absolute Gasteiger partial charge is 0.358 e. The van der Waals surface area contributed by atoms with E-state index in [2.05, 4.69) is 15.4 Å². The van der Waals surface area contributed by atoms with Crippen LogP contribution in [0.25, 0.3) is 0 Å². The van der Waals surface area contributed by atoms with Crippen molar-refractivity contribution in [1.29, 1.82) is 0 Å². The van der Waals surface area contributed by atoms with Gasteiger partial charge in [-0.1, -0.05) is 23.4 Å². The van der Waals surface area contributed by atoms with Crippen molar-refractivity contribution in [2.24, 2.45) is 15.4 Å². The highest BCUT2D eigenvalue weighted by molar-refractivity contribution is 6.41. The number of azo groups is 1. The Kier molecular flexibility index (Phi) is 2.53. The standard InChI is InChI=1S/C10H9N3O2/c1-7-9(14)10(15-13-7)12-11-8-5-3-2-4-6-8/h2-6,10H,1H3/t10-/m0/s1. The van der Waals surface area contributed by atoms with Gasteiger partial charge < -0.3 is 4.84 Å². The zero-order valence-corrected chi connectivity index (χ0v) is 8.12. The summed E-state index contributed by atoms with van der Waals surface area (Å²) in [5, 5.41) is 11.2. The molecule has 0 spiro atoms. The number of hydrogen-bond donors (Lipinski definition) is 0. The number of oxime groups is 1. The Morgan fingerprint density at radius 3 is 2.67 bits per heavy atom. The molecule has 1 aliphatic heterocycles. The number of Topliss-reactive ketones (excluding diaryl/α,β-unsaturated/α-hetero) is 1. The summed E-state index contributed by atoms with van der Waals surface area (Å²) in [6, 6.07) is 9.14.